The second-order valence-corrected chi connectivity index (χ2v) is 3.02. The Morgan fingerprint density at radius 1 is 1.83 bits per heavy atom. The van der Waals surface area contributed by atoms with Crippen molar-refractivity contribution in [1.29, 1.82) is 0 Å². The summed E-state index contributed by atoms with van der Waals surface area (Å²) in [4.78, 5) is 0. The normalized spacial score (nSPS) is 23.1. The lowest BCUT2D eigenvalue weighted by molar-refractivity contribution is 0.343. The summed E-state index contributed by atoms with van der Waals surface area (Å²) in [5, 5.41) is 0.194. The summed E-state index contributed by atoms with van der Waals surface area (Å²) in [5.74, 6) is -0.208. The van der Waals surface area contributed by atoms with E-state index >= 15 is 0 Å². The molecule has 0 fully saturated rings. The molecule has 0 aromatic heterocycles. The van der Waals surface area contributed by atoms with E-state index in [1.165, 1.54) is 0 Å². The van der Waals surface area contributed by atoms with E-state index in [-0.39, 0.29) is 23.4 Å². The summed E-state index contributed by atoms with van der Waals surface area (Å²) >= 11 is 5.52. The second-order valence-electron chi connectivity index (χ2n) is 2.61. The first-order valence-electron chi connectivity index (χ1n) is 3.74. The highest BCUT2D eigenvalue weighted by Crippen LogP contribution is 2.29. The highest BCUT2D eigenvalue weighted by molar-refractivity contribution is 6.33. The molecule has 0 radical (unpaired) electrons. The zero-order chi connectivity index (χ0) is 8.97. The van der Waals surface area contributed by atoms with Gasteiger partial charge in [-0.3, -0.25) is 0 Å². The van der Waals surface area contributed by atoms with Crippen LogP contribution in [0.3, 0.4) is 0 Å². The van der Waals surface area contributed by atoms with Crippen LogP contribution in [-0.2, 0) is 4.65 Å². The fourth-order valence-corrected chi connectivity index (χ4v) is 1.19. The molecule has 5 heteroatoms. The number of allylic oxidation sites excluding steroid dienone is 4. The van der Waals surface area contributed by atoms with E-state index in [2.05, 4.69) is 0 Å². The van der Waals surface area contributed by atoms with Crippen LogP contribution in [0.25, 0.3) is 0 Å². The van der Waals surface area contributed by atoms with Gasteiger partial charge in [-0.05, 0) is 11.9 Å². The molecule has 1 aliphatic rings. The third kappa shape index (κ3) is 2.62. The Hall–Kier alpha value is -0.315. The summed E-state index contributed by atoms with van der Waals surface area (Å²) in [6.45, 7) is 0.170. The van der Waals surface area contributed by atoms with Crippen LogP contribution >= 0.6 is 11.6 Å². The Morgan fingerprint density at radius 3 is 3.17 bits per heavy atom. The smallest absolute Gasteiger partial charge is 0.284 e. The number of halogens is 2. The van der Waals surface area contributed by atoms with Crippen molar-refractivity contribution in [2.24, 2.45) is 5.73 Å². The third-order valence-corrected chi connectivity index (χ3v) is 2.00. The van der Waals surface area contributed by atoms with Crippen LogP contribution in [0.1, 0.15) is 6.42 Å². The van der Waals surface area contributed by atoms with E-state index < -0.39 is 0 Å². The quantitative estimate of drug-likeness (QED) is 0.539. The summed E-state index contributed by atoms with van der Waals surface area (Å²) < 4.78 is 17.8. The highest BCUT2D eigenvalue weighted by Gasteiger charge is 2.16. The van der Waals surface area contributed by atoms with Gasteiger partial charge in [0.15, 0.2) is 0 Å². The molecule has 1 rings (SSSR count). The molecule has 1 atom stereocenters. The maximum Gasteiger partial charge on any atom is 0.284 e. The molecule has 0 bridgehead atoms. The Kier molecular flexibility index (Phi) is 3.78. The maximum absolute atomic E-state index is 12.9. The lowest BCUT2D eigenvalue weighted by Gasteiger charge is -2.13. The van der Waals surface area contributed by atoms with Crippen molar-refractivity contribution < 1.29 is 9.04 Å². The average Bonchev–Trinajstić information content (AvgIpc) is 2.07. The van der Waals surface area contributed by atoms with E-state index in [1.54, 1.807) is 6.08 Å². The second kappa shape index (κ2) is 4.65. The van der Waals surface area contributed by atoms with Crippen molar-refractivity contribution in [3.05, 3.63) is 23.0 Å². The van der Waals surface area contributed by atoms with Gasteiger partial charge in [0.1, 0.15) is 5.83 Å². The van der Waals surface area contributed by atoms with Crippen molar-refractivity contribution in [3.8, 4) is 0 Å². The van der Waals surface area contributed by atoms with E-state index in [4.69, 9.17) is 22.0 Å². The first-order chi connectivity index (χ1) is 5.74. The van der Waals surface area contributed by atoms with Crippen LogP contribution in [0.4, 0.5) is 4.39 Å². The van der Waals surface area contributed by atoms with Gasteiger partial charge in [0.25, 0.3) is 7.48 Å². The molecule has 2 N–H and O–H groups in total. The molecule has 0 amide bonds. The van der Waals surface area contributed by atoms with Crippen LogP contribution in [0.5, 0.6) is 0 Å². The Labute approximate surface area is 76.5 Å². The molecule has 12 heavy (non-hydrogen) atoms. The van der Waals surface area contributed by atoms with Gasteiger partial charge in [-0.25, -0.2) is 4.39 Å². The van der Waals surface area contributed by atoms with Gasteiger partial charge < -0.3 is 10.4 Å². The summed E-state index contributed by atoms with van der Waals surface area (Å²) in [6, 6.07) is 0. The van der Waals surface area contributed by atoms with Crippen molar-refractivity contribution in [2.45, 2.75) is 12.2 Å². The van der Waals surface area contributed by atoms with Crippen LogP contribution < -0.4 is 5.73 Å². The van der Waals surface area contributed by atoms with Crippen molar-refractivity contribution in [3.63, 3.8) is 0 Å². The van der Waals surface area contributed by atoms with E-state index in [0.29, 0.717) is 13.9 Å². The zero-order valence-corrected chi connectivity index (χ0v) is 7.35. The van der Waals surface area contributed by atoms with E-state index in [0.717, 1.165) is 0 Å². The molecule has 0 heterocycles. The fourth-order valence-electron chi connectivity index (χ4n) is 1.04. The first-order valence-corrected chi connectivity index (χ1v) is 4.12. The average molecular weight is 189 g/mol. The largest absolute Gasteiger partial charge is 0.427 e. The van der Waals surface area contributed by atoms with E-state index in [9.17, 15) is 4.39 Å². The molecule has 0 spiro atoms. The van der Waals surface area contributed by atoms with E-state index in [1.807, 2.05) is 6.08 Å². The molecule has 0 saturated carbocycles. The van der Waals surface area contributed by atoms with Gasteiger partial charge in [-0.15, -0.1) is 0 Å². The molecule has 0 aliphatic heterocycles. The molecule has 66 valence electrons. The van der Waals surface area contributed by atoms with Crippen LogP contribution in [0.15, 0.2) is 23.0 Å². The Balaban J connectivity index is 2.40. The van der Waals surface area contributed by atoms with Crippen LogP contribution in [0.2, 0.25) is 5.82 Å². The third-order valence-electron chi connectivity index (χ3n) is 1.67. The number of nitrogens with two attached hydrogens (primary N) is 1. The van der Waals surface area contributed by atoms with Gasteiger partial charge in [-0.1, -0.05) is 17.7 Å². The molecule has 0 aromatic rings. The van der Waals surface area contributed by atoms with Gasteiger partial charge >= 0.3 is 0 Å². The Bertz CT molecular complexity index is 219. The molecule has 0 aromatic carbocycles. The molecule has 1 aliphatic carbocycles. The van der Waals surface area contributed by atoms with Crippen molar-refractivity contribution in [1.82, 2.24) is 0 Å². The molecular formula is C7H10BClFNO. The minimum absolute atomic E-state index is 0.0658. The topological polar surface area (TPSA) is 35.2 Å². The summed E-state index contributed by atoms with van der Waals surface area (Å²) in [6.07, 6.45) is 3.71. The highest BCUT2D eigenvalue weighted by atomic mass is 35.5. The summed E-state index contributed by atoms with van der Waals surface area (Å²) in [7, 11) is 0.449. The minimum Gasteiger partial charge on any atom is -0.427 e. The molecule has 2 nitrogen and oxygen atoms in total. The number of hydrogen-bond acceptors (Lipinski definition) is 2. The summed E-state index contributed by atoms with van der Waals surface area (Å²) in [5.41, 5.74) is 5.13. The molecule has 1 unspecified atom stereocenters. The molecule has 0 saturated heterocycles. The monoisotopic (exact) mass is 189 g/mol. The molecular weight excluding hydrogens is 179 g/mol. The maximum atomic E-state index is 12.9. The SMILES string of the molecule is NCOBC1C=CC(Cl)=C(F)C1. The van der Waals surface area contributed by atoms with Crippen molar-refractivity contribution in [2.75, 3.05) is 6.73 Å². The van der Waals surface area contributed by atoms with Gasteiger partial charge in [-0.2, -0.15) is 0 Å². The Morgan fingerprint density at radius 2 is 2.58 bits per heavy atom. The van der Waals surface area contributed by atoms with Gasteiger partial charge in [0, 0.05) is 6.42 Å². The van der Waals surface area contributed by atoms with Gasteiger partial charge in [0.05, 0.1) is 11.8 Å². The fraction of sp³-hybridized carbons (Fsp3) is 0.429. The minimum atomic E-state index is -0.273. The predicted octanol–water partition coefficient (Wildman–Crippen LogP) is 1.44. The number of rotatable bonds is 3. The van der Waals surface area contributed by atoms with Crippen LogP contribution in [-0.4, -0.2) is 14.2 Å². The lowest BCUT2D eigenvalue weighted by Crippen LogP contribution is -2.13. The zero-order valence-electron chi connectivity index (χ0n) is 6.59. The lowest BCUT2D eigenvalue weighted by atomic mass is 9.75. The van der Waals surface area contributed by atoms with Crippen molar-refractivity contribution >= 4 is 19.1 Å². The standard InChI is InChI=1S/C7H10BClFNO/c9-6-2-1-5(3-7(6)10)8-12-4-11/h1-2,5,8H,3-4,11H2. The predicted molar refractivity (Wildman–Crippen MR) is 48.8 cm³/mol. The first kappa shape index (κ1) is 9.77. The van der Waals surface area contributed by atoms with Crippen LogP contribution in [0, 0.1) is 0 Å². The van der Waals surface area contributed by atoms with Gasteiger partial charge in [0.2, 0.25) is 0 Å². The number of hydrogen-bond donors (Lipinski definition) is 1.